The van der Waals surface area contributed by atoms with E-state index in [-0.39, 0.29) is 11.5 Å². The zero-order valence-corrected chi connectivity index (χ0v) is 21.9. The lowest BCUT2D eigenvalue weighted by Gasteiger charge is -2.36. The molecule has 1 aliphatic heterocycles. The summed E-state index contributed by atoms with van der Waals surface area (Å²) in [4.78, 5) is 30.7. The van der Waals surface area contributed by atoms with Crippen molar-refractivity contribution in [1.29, 1.82) is 0 Å². The molecule has 8 nitrogen and oxygen atoms in total. The number of anilines is 1. The number of piperazine rings is 1. The van der Waals surface area contributed by atoms with Crippen molar-refractivity contribution in [1.82, 2.24) is 19.1 Å². The molecule has 192 valence electrons. The minimum atomic E-state index is -0.153. The Hall–Kier alpha value is -4.07. The Labute approximate surface area is 216 Å². The normalized spacial score (nSPS) is 13.8. The van der Waals surface area contributed by atoms with E-state index in [9.17, 15) is 9.59 Å². The number of aromatic nitrogens is 3. The summed E-state index contributed by atoms with van der Waals surface area (Å²) in [7, 11) is 3.62. The Morgan fingerprint density at radius 2 is 1.70 bits per heavy atom. The van der Waals surface area contributed by atoms with Crippen LogP contribution in [0.25, 0.3) is 16.9 Å². The zero-order valence-electron chi connectivity index (χ0n) is 21.9. The van der Waals surface area contributed by atoms with Gasteiger partial charge in [-0.2, -0.15) is 9.61 Å². The van der Waals surface area contributed by atoms with E-state index < -0.39 is 0 Å². The number of ether oxygens (including phenoxy) is 1. The molecule has 8 heteroatoms. The number of nitrogens with zero attached hydrogens (tertiary/aromatic N) is 5. The van der Waals surface area contributed by atoms with Gasteiger partial charge in [0, 0.05) is 62.5 Å². The summed E-state index contributed by atoms with van der Waals surface area (Å²) in [6.45, 7) is 6.75. The van der Waals surface area contributed by atoms with E-state index in [1.54, 1.807) is 7.11 Å². The largest absolute Gasteiger partial charge is 0.495 e. The predicted octanol–water partition coefficient (Wildman–Crippen LogP) is 3.61. The molecule has 2 aromatic heterocycles. The van der Waals surface area contributed by atoms with Crippen LogP contribution in [-0.2, 0) is 18.3 Å². The van der Waals surface area contributed by atoms with Crippen LogP contribution < -0.4 is 15.2 Å². The minimum absolute atomic E-state index is 0.0716. The SMILES string of the molecule is COc1ccccc1N1CCN(C(=O)CCc2c(C)n(C)c3cc(-c4ccccc4C)nn3c2=O)CC1. The van der Waals surface area contributed by atoms with E-state index in [0.717, 1.165) is 52.7 Å². The quantitative estimate of drug-likeness (QED) is 0.405. The fourth-order valence-corrected chi connectivity index (χ4v) is 5.17. The van der Waals surface area contributed by atoms with Crippen molar-refractivity contribution in [2.45, 2.75) is 26.7 Å². The van der Waals surface area contributed by atoms with Crippen LogP contribution in [0.2, 0.25) is 0 Å². The van der Waals surface area contributed by atoms with Crippen LogP contribution in [0.15, 0.2) is 59.4 Å². The second kappa shape index (κ2) is 10.1. The molecule has 0 atom stereocenters. The van der Waals surface area contributed by atoms with Crippen LogP contribution in [0.1, 0.15) is 23.2 Å². The standard InChI is InChI=1S/C29H33N5O3/c1-20-9-5-6-10-22(20)24-19-27-31(3)21(2)23(29(36)34(27)30-24)13-14-28(35)33-17-15-32(16-18-33)25-11-7-8-12-26(25)37-4/h5-12,19H,13-18H2,1-4H3. The van der Waals surface area contributed by atoms with E-state index in [4.69, 9.17) is 4.74 Å². The van der Waals surface area contributed by atoms with E-state index in [0.29, 0.717) is 31.5 Å². The highest BCUT2D eigenvalue weighted by molar-refractivity contribution is 5.77. The number of methoxy groups -OCH3 is 1. The van der Waals surface area contributed by atoms with Gasteiger partial charge >= 0.3 is 0 Å². The molecule has 5 rings (SSSR count). The van der Waals surface area contributed by atoms with Crippen LogP contribution in [0.5, 0.6) is 5.75 Å². The van der Waals surface area contributed by atoms with Crippen molar-refractivity contribution in [3.8, 4) is 17.0 Å². The van der Waals surface area contributed by atoms with Gasteiger partial charge in [-0.1, -0.05) is 36.4 Å². The number of aryl methyl sites for hydroxylation is 2. The number of benzene rings is 2. The predicted molar refractivity (Wildman–Crippen MR) is 145 cm³/mol. The molecule has 0 unspecified atom stereocenters. The lowest BCUT2D eigenvalue weighted by Crippen LogP contribution is -2.49. The molecule has 0 N–H and O–H groups in total. The van der Waals surface area contributed by atoms with Gasteiger partial charge in [-0.15, -0.1) is 0 Å². The van der Waals surface area contributed by atoms with Gasteiger partial charge in [0.1, 0.15) is 11.4 Å². The second-order valence-corrected chi connectivity index (χ2v) is 9.58. The van der Waals surface area contributed by atoms with E-state index in [2.05, 4.69) is 10.00 Å². The average molecular weight is 500 g/mol. The average Bonchev–Trinajstić information content (AvgIpc) is 3.38. The molecule has 0 aliphatic carbocycles. The smallest absolute Gasteiger partial charge is 0.277 e. The summed E-state index contributed by atoms with van der Waals surface area (Å²) in [5.41, 5.74) is 6.02. The number of hydrogen-bond acceptors (Lipinski definition) is 5. The zero-order chi connectivity index (χ0) is 26.1. The number of amides is 1. The van der Waals surface area contributed by atoms with Gasteiger partial charge in [-0.3, -0.25) is 9.59 Å². The van der Waals surface area contributed by atoms with E-state index >= 15 is 0 Å². The van der Waals surface area contributed by atoms with Crippen molar-refractivity contribution in [2.24, 2.45) is 7.05 Å². The summed E-state index contributed by atoms with van der Waals surface area (Å²) < 4.78 is 8.96. The lowest BCUT2D eigenvalue weighted by atomic mass is 10.1. The van der Waals surface area contributed by atoms with Crippen molar-refractivity contribution in [3.05, 3.63) is 81.8 Å². The first-order valence-corrected chi connectivity index (χ1v) is 12.7. The van der Waals surface area contributed by atoms with Gasteiger partial charge in [-0.25, -0.2) is 0 Å². The first-order chi connectivity index (χ1) is 17.9. The number of hydrogen-bond donors (Lipinski definition) is 0. The van der Waals surface area contributed by atoms with Crippen molar-refractivity contribution in [2.75, 3.05) is 38.2 Å². The molecule has 0 saturated carbocycles. The molecule has 4 aromatic rings. The number of para-hydroxylation sites is 2. The number of carbonyl (C=O) groups excluding carboxylic acids is 1. The first kappa shape index (κ1) is 24.6. The first-order valence-electron chi connectivity index (χ1n) is 12.7. The molecular formula is C29H33N5O3. The van der Waals surface area contributed by atoms with E-state index in [1.165, 1.54) is 4.52 Å². The lowest BCUT2D eigenvalue weighted by molar-refractivity contribution is -0.131. The molecule has 0 radical (unpaired) electrons. The maximum atomic E-state index is 13.4. The number of rotatable bonds is 6. The highest BCUT2D eigenvalue weighted by atomic mass is 16.5. The molecule has 0 bridgehead atoms. The summed E-state index contributed by atoms with van der Waals surface area (Å²) in [5.74, 6) is 0.912. The molecule has 2 aromatic carbocycles. The number of fused-ring (bicyclic) bond motifs is 1. The third kappa shape index (κ3) is 4.59. The van der Waals surface area contributed by atoms with Crippen LogP contribution >= 0.6 is 0 Å². The van der Waals surface area contributed by atoms with Gasteiger partial charge in [0.15, 0.2) is 0 Å². The maximum absolute atomic E-state index is 13.4. The topological polar surface area (TPSA) is 72.1 Å². The van der Waals surface area contributed by atoms with Gasteiger partial charge in [0.2, 0.25) is 5.91 Å². The van der Waals surface area contributed by atoms with Crippen LogP contribution in [0.4, 0.5) is 5.69 Å². The third-order valence-electron chi connectivity index (χ3n) is 7.49. The molecule has 1 aliphatic rings. The Morgan fingerprint density at radius 3 is 2.43 bits per heavy atom. The molecule has 1 fully saturated rings. The third-order valence-corrected chi connectivity index (χ3v) is 7.49. The fraction of sp³-hybridized carbons (Fsp3) is 0.345. The molecule has 37 heavy (non-hydrogen) atoms. The fourth-order valence-electron chi connectivity index (χ4n) is 5.17. The van der Waals surface area contributed by atoms with Gasteiger partial charge < -0.3 is 19.1 Å². The van der Waals surface area contributed by atoms with Crippen LogP contribution in [0, 0.1) is 13.8 Å². The molecule has 0 spiro atoms. The van der Waals surface area contributed by atoms with Crippen LogP contribution in [-0.4, -0.2) is 58.3 Å². The van der Waals surface area contributed by atoms with Gasteiger partial charge in [0.25, 0.3) is 5.56 Å². The van der Waals surface area contributed by atoms with Crippen molar-refractivity contribution < 1.29 is 9.53 Å². The Morgan fingerprint density at radius 1 is 1.00 bits per heavy atom. The number of carbonyl (C=O) groups is 1. The van der Waals surface area contributed by atoms with Crippen molar-refractivity contribution in [3.63, 3.8) is 0 Å². The molecule has 1 saturated heterocycles. The summed E-state index contributed by atoms with van der Waals surface area (Å²) in [6.07, 6.45) is 0.682. The summed E-state index contributed by atoms with van der Waals surface area (Å²) in [5, 5.41) is 4.65. The Bertz CT molecular complexity index is 1510. The summed E-state index contributed by atoms with van der Waals surface area (Å²) >= 11 is 0. The van der Waals surface area contributed by atoms with Gasteiger partial charge in [0.05, 0.1) is 18.5 Å². The molecular weight excluding hydrogens is 466 g/mol. The second-order valence-electron chi connectivity index (χ2n) is 9.58. The van der Waals surface area contributed by atoms with Gasteiger partial charge in [-0.05, 0) is 38.0 Å². The Balaban J connectivity index is 1.30. The highest BCUT2D eigenvalue weighted by Gasteiger charge is 2.24. The van der Waals surface area contributed by atoms with Crippen molar-refractivity contribution >= 4 is 17.2 Å². The van der Waals surface area contributed by atoms with Crippen LogP contribution in [0.3, 0.4) is 0 Å². The minimum Gasteiger partial charge on any atom is -0.495 e. The monoisotopic (exact) mass is 499 g/mol. The molecule has 1 amide bonds. The highest BCUT2D eigenvalue weighted by Crippen LogP contribution is 2.28. The summed E-state index contributed by atoms with van der Waals surface area (Å²) in [6, 6.07) is 17.9. The van der Waals surface area contributed by atoms with E-state index in [1.807, 2.05) is 85.0 Å². The molecule has 3 heterocycles. The Kier molecular flexibility index (Phi) is 6.74. The maximum Gasteiger partial charge on any atom is 0.277 e.